The summed E-state index contributed by atoms with van der Waals surface area (Å²) in [5.74, 6) is 2.02. The molecular formula is C10H18N4O. The van der Waals surface area contributed by atoms with E-state index in [2.05, 4.69) is 22.0 Å². The summed E-state index contributed by atoms with van der Waals surface area (Å²) in [4.78, 5) is 6.67. The highest BCUT2D eigenvalue weighted by Gasteiger charge is 2.22. The van der Waals surface area contributed by atoms with E-state index >= 15 is 0 Å². The average molecular weight is 210 g/mol. The quantitative estimate of drug-likeness (QED) is 0.779. The van der Waals surface area contributed by atoms with Gasteiger partial charge in [-0.15, -0.1) is 0 Å². The van der Waals surface area contributed by atoms with Gasteiger partial charge in [0.25, 0.3) is 0 Å². The standard InChI is InChI=1S/C10H18N4O/c1-2-14-4-3-8(7-14)5-9-12-10(6-11)15-13-9/h8H,2-7,11H2,1H3. The fraction of sp³-hybridized carbons (Fsp3) is 0.800. The summed E-state index contributed by atoms with van der Waals surface area (Å²) >= 11 is 0. The molecule has 1 atom stereocenters. The number of hydrogen-bond acceptors (Lipinski definition) is 5. The lowest BCUT2D eigenvalue weighted by Crippen LogP contribution is -2.20. The highest BCUT2D eigenvalue weighted by atomic mass is 16.5. The van der Waals surface area contributed by atoms with E-state index in [1.165, 1.54) is 13.0 Å². The highest BCUT2D eigenvalue weighted by molar-refractivity contribution is 4.90. The number of nitrogens with zero attached hydrogens (tertiary/aromatic N) is 3. The molecule has 5 heteroatoms. The van der Waals surface area contributed by atoms with Gasteiger partial charge in [0.05, 0.1) is 6.54 Å². The van der Waals surface area contributed by atoms with Gasteiger partial charge >= 0.3 is 0 Å². The Hall–Kier alpha value is -0.940. The van der Waals surface area contributed by atoms with Crippen molar-refractivity contribution in [2.75, 3.05) is 19.6 Å². The van der Waals surface area contributed by atoms with Gasteiger partial charge in [-0.1, -0.05) is 12.1 Å². The third kappa shape index (κ3) is 2.54. The lowest BCUT2D eigenvalue weighted by atomic mass is 10.1. The highest BCUT2D eigenvalue weighted by Crippen LogP contribution is 2.19. The van der Waals surface area contributed by atoms with Crippen LogP contribution in [0.25, 0.3) is 0 Å². The van der Waals surface area contributed by atoms with Gasteiger partial charge in [0.2, 0.25) is 5.89 Å². The lowest BCUT2D eigenvalue weighted by molar-refractivity contribution is 0.338. The van der Waals surface area contributed by atoms with Crippen LogP contribution in [0.4, 0.5) is 0 Å². The number of nitrogens with two attached hydrogens (primary N) is 1. The van der Waals surface area contributed by atoms with Gasteiger partial charge in [-0.05, 0) is 25.4 Å². The van der Waals surface area contributed by atoms with Crippen LogP contribution in [0.15, 0.2) is 4.52 Å². The van der Waals surface area contributed by atoms with E-state index < -0.39 is 0 Å². The van der Waals surface area contributed by atoms with Crippen molar-refractivity contribution in [3.63, 3.8) is 0 Å². The minimum atomic E-state index is 0.332. The van der Waals surface area contributed by atoms with Gasteiger partial charge in [-0.25, -0.2) is 0 Å². The predicted molar refractivity (Wildman–Crippen MR) is 56.1 cm³/mol. The third-order valence-corrected chi connectivity index (χ3v) is 2.97. The van der Waals surface area contributed by atoms with Crippen LogP contribution >= 0.6 is 0 Å². The Morgan fingerprint density at radius 3 is 3.07 bits per heavy atom. The average Bonchev–Trinajstić information content (AvgIpc) is 2.87. The number of aromatic nitrogens is 2. The maximum Gasteiger partial charge on any atom is 0.240 e. The zero-order valence-electron chi connectivity index (χ0n) is 9.15. The molecule has 1 fully saturated rings. The summed E-state index contributed by atoms with van der Waals surface area (Å²) in [6.07, 6.45) is 2.15. The van der Waals surface area contributed by atoms with E-state index in [1.807, 2.05) is 0 Å². The van der Waals surface area contributed by atoms with Gasteiger partial charge in [0.1, 0.15) is 0 Å². The lowest BCUT2D eigenvalue weighted by Gasteiger charge is -2.11. The molecule has 0 aliphatic carbocycles. The molecule has 0 radical (unpaired) electrons. The zero-order valence-corrected chi connectivity index (χ0v) is 9.15. The Labute approximate surface area is 89.6 Å². The molecule has 0 aromatic carbocycles. The van der Waals surface area contributed by atoms with Crippen LogP contribution < -0.4 is 5.73 Å². The molecule has 2 heterocycles. The van der Waals surface area contributed by atoms with Crippen LogP contribution in [0.5, 0.6) is 0 Å². The molecule has 1 saturated heterocycles. The largest absolute Gasteiger partial charge is 0.338 e. The van der Waals surface area contributed by atoms with Crippen molar-refractivity contribution in [2.24, 2.45) is 11.7 Å². The fourth-order valence-electron chi connectivity index (χ4n) is 2.08. The van der Waals surface area contributed by atoms with Gasteiger partial charge < -0.3 is 15.2 Å². The van der Waals surface area contributed by atoms with E-state index in [0.29, 0.717) is 18.4 Å². The first-order valence-corrected chi connectivity index (χ1v) is 5.55. The van der Waals surface area contributed by atoms with Crippen molar-refractivity contribution in [1.82, 2.24) is 15.0 Å². The summed E-state index contributed by atoms with van der Waals surface area (Å²) in [5, 5.41) is 3.92. The summed E-state index contributed by atoms with van der Waals surface area (Å²) < 4.78 is 4.98. The Morgan fingerprint density at radius 2 is 2.47 bits per heavy atom. The van der Waals surface area contributed by atoms with Crippen molar-refractivity contribution in [2.45, 2.75) is 26.3 Å². The second-order valence-electron chi connectivity index (χ2n) is 4.06. The molecule has 0 bridgehead atoms. The van der Waals surface area contributed by atoms with E-state index in [1.54, 1.807) is 0 Å². The molecule has 0 amide bonds. The van der Waals surface area contributed by atoms with E-state index in [-0.39, 0.29) is 0 Å². The third-order valence-electron chi connectivity index (χ3n) is 2.97. The van der Waals surface area contributed by atoms with E-state index in [0.717, 1.165) is 25.3 Å². The Balaban J connectivity index is 1.87. The minimum absolute atomic E-state index is 0.332. The van der Waals surface area contributed by atoms with Crippen LogP contribution in [-0.2, 0) is 13.0 Å². The molecule has 2 N–H and O–H groups in total. The molecule has 1 unspecified atom stereocenters. The summed E-state index contributed by atoms with van der Waals surface area (Å²) in [6, 6.07) is 0. The van der Waals surface area contributed by atoms with Crippen LogP contribution in [0.2, 0.25) is 0 Å². The fourth-order valence-corrected chi connectivity index (χ4v) is 2.08. The number of hydrogen-bond donors (Lipinski definition) is 1. The van der Waals surface area contributed by atoms with Gasteiger partial charge in [0, 0.05) is 13.0 Å². The van der Waals surface area contributed by atoms with Gasteiger partial charge in [0.15, 0.2) is 5.82 Å². The van der Waals surface area contributed by atoms with Crippen molar-refractivity contribution in [3.8, 4) is 0 Å². The molecule has 1 aromatic heterocycles. The molecule has 5 nitrogen and oxygen atoms in total. The monoisotopic (exact) mass is 210 g/mol. The second-order valence-corrected chi connectivity index (χ2v) is 4.06. The van der Waals surface area contributed by atoms with Crippen molar-refractivity contribution in [1.29, 1.82) is 0 Å². The van der Waals surface area contributed by atoms with Crippen molar-refractivity contribution in [3.05, 3.63) is 11.7 Å². The first-order valence-electron chi connectivity index (χ1n) is 5.55. The molecule has 1 aromatic rings. The van der Waals surface area contributed by atoms with E-state index in [4.69, 9.17) is 10.3 Å². The Morgan fingerprint density at radius 1 is 1.60 bits per heavy atom. The molecule has 0 spiro atoms. The zero-order chi connectivity index (χ0) is 10.7. The number of rotatable bonds is 4. The van der Waals surface area contributed by atoms with Crippen LogP contribution in [-0.4, -0.2) is 34.7 Å². The second kappa shape index (κ2) is 4.72. The number of likely N-dealkylation sites (tertiary alicyclic amines) is 1. The first kappa shape index (κ1) is 10.6. The van der Waals surface area contributed by atoms with E-state index in [9.17, 15) is 0 Å². The minimum Gasteiger partial charge on any atom is -0.338 e. The summed E-state index contributed by atoms with van der Waals surface area (Å²) in [7, 11) is 0. The maximum atomic E-state index is 5.41. The maximum absolute atomic E-state index is 5.41. The van der Waals surface area contributed by atoms with Gasteiger partial charge in [-0.3, -0.25) is 0 Å². The Kier molecular flexibility index (Phi) is 3.33. The van der Waals surface area contributed by atoms with Crippen molar-refractivity contribution >= 4 is 0 Å². The summed E-state index contributed by atoms with van der Waals surface area (Å²) in [6.45, 7) is 6.02. The normalized spacial score (nSPS) is 22.4. The van der Waals surface area contributed by atoms with Crippen LogP contribution in [0.3, 0.4) is 0 Å². The Bertz CT molecular complexity index is 312. The smallest absolute Gasteiger partial charge is 0.240 e. The summed E-state index contributed by atoms with van der Waals surface area (Å²) in [5.41, 5.74) is 5.41. The topological polar surface area (TPSA) is 68.2 Å². The molecule has 0 saturated carbocycles. The van der Waals surface area contributed by atoms with Gasteiger partial charge in [-0.2, -0.15) is 4.98 Å². The molecular weight excluding hydrogens is 192 g/mol. The van der Waals surface area contributed by atoms with Crippen LogP contribution in [0, 0.1) is 5.92 Å². The van der Waals surface area contributed by atoms with Crippen LogP contribution in [0.1, 0.15) is 25.1 Å². The van der Waals surface area contributed by atoms with Crippen molar-refractivity contribution < 1.29 is 4.52 Å². The first-order chi connectivity index (χ1) is 7.31. The predicted octanol–water partition coefficient (Wildman–Crippen LogP) is 0.413. The molecule has 1 aliphatic rings. The molecule has 1 aliphatic heterocycles. The molecule has 84 valence electrons. The molecule has 15 heavy (non-hydrogen) atoms. The SMILES string of the molecule is CCN1CCC(Cc2noc(CN)n2)C1. The molecule has 2 rings (SSSR count).